The summed E-state index contributed by atoms with van der Waals surface area (Å²) in [6.07, 6.45) is 6.50. The van der Waals surface area contributed by atoms with Gasteiger partial charge in [0.1, 0.15) is 11.9 Å². The molecule has 1 aliphatic rings. The predicted molar refractivity (Wildman–Crippen MR) is 61.3 cm³/mol. The largest absolute Gasteiger partial charge is 0.379 e. The van der Waals surface area contributed by atoms with Crippen LogP contribution in [0.5, 0.6) is 0 Å². The third kappa shape index (κ3) is 2.13. The third-order valence-corrected chi connectivity index (χ3v) is 3.26. The van der Waals surface area contributed by atoms with Gasteiger partial charge < -0.3 is 5.32 Å². The lowest BCUT2D eigenvalue weighted by molar-refractivity contribution is -0.384. The van der Waals surface area contributed by atoms with Crippen molar-refractivity contribution in [2.45, 2.75) is 26.2 Å². The third-order valence-electron chi connectivity index (χ3n) is 3.26. The molecule has 1 aliphatic carbocycles. The van der Waals surface area contributed by atoms with Crippen molar-refractivity contribution < 1.29 is 4.92 Å². The second-order valence-corrected chi connectivity index (χ2v) is 4.67. The van der Waals surface area contributed by atoms with Crippen LogP contribution in [0.25, 0.3) is 0 Å². The van der Waals surface area contributed by atoms with E-state index >= 15 is 0 Å². The molecule has 0 bridgehead atoms. The van der Waals surface area contributed by atoms with Crippen LogP contribution in [0, 0.1) is 15.5 Å². The van der Waals surface area contributed by atoms with E-state index in [-0.39, 0.29) is 5.69 Å². The van der Waals surface area contributed by atoms with Crippen molar-refractivity contribution in [1.82, 2.24) is 4.98 Å². The first-order chi connectivity index (χ1) is 7.61. The minimum Gasteiger partial charge on any atom is -0.379 e. The maximum atomic E-state index is 10.8. The Morgan fingerprint density at radius 3 is 2.94 bits per heavy atom. The average Bonchev–Trinajstić information content (AvgIpc) is 2.24. The zero-order valence-corrected chi connectivity index (χ0v) is 9.27. The average molecular weight is 221 g/mol. The molecule has 0 aliphatic heterocycles. The molecule has 0 atom stereocenters. The van der Waals surface area contributed by atoms with Crippen LogP contribution < -0.4 is 5.32 Å². The summed E-state index contributed by atoms with van der Waals surface area (Å²) in [5, 5.41) is 13.9. The molecule has 1 aromatic heterocycles. The number of hydrogen-bond acceptors (Lipinski definition) is 4. The molecule has 1 fully saturated rings. The number of hydrogen-bond donors (Lipinski definition) is 1. The van der Waals surface area contributed by atoms with Crippen LogP contribution >= 0.6 is 0 Å². The van der Waals surface area contributed by atoms with Crippen molar-refractivity contribution in [3.8, 4) is 0 Å². The smallest absolute Gasteiger partial charge is 0.310 e. The fourth-order valence-electron chi connectivity index (χ4n) is 1.95. The van der Waals surface area contributed by atoms with Crippen LogP contribution in [-0.2, 0) is 0 Å². The van der Waals surface area contributed by atoms with Gasteiger partial charge in [0.25, 0.3) is 0 Å². The number of rotatable bonds is 4. The van der Waals surface area contributed by atoms with E-state index in [9.17, 15) is 10.1 Å². The quantitative estimate of drug-likeness (QED) is 0.626. The Balaban J connectivity index is 2.06. The SMILES string of the molecule is CC1(CNc2ccncc2[N+](=O)[O-])CCC1. The standard InChI is InChI=1S/C11H15N3O2/c1-11(4-2-5-11)8-13-9-3-6-12-7-10(9)14(15)16/h3,6-7H,2,4-5,8H2,1H3,(H,12,13). The van der Waals surface area contributed by atoms with Gasteiger partial charge in [-0.25, -0.2) is 0 Å². The molecule has 16 heavy (non-hydrogen) atoms. The van der Waals surface area contributed by atoms with Crippen LogP contribution in [0.2, 0.25) is 0 Å². The molecule has 86 valence electrons. The summed E-state index contributed by atoms with van der Waals surface area (Å²) in [4.78, 5) is 14.1. The van der Waals surface area contributed by atoms with Crippen LogP contribution in [0.1, 0.15) is 26.2 Å². The number of aromatic nitrogens is 1. The minimum absolute atomic E-state index is 0.0467. The number of anilines is 1. The van der Waals surface area contributed by atoms with Gasteiger partial charge >= 0.3 is 5.69 Å². The molecule has 2 rings (SSSR count). The molecule has 5 nitrogen and oxygen atoms in total. The maximum absolute atomic E-state index is 10.8. The number of nitrogens with one attached hydrogen (secondary N) is 1. The first kappa shape index (κ1) is 10.9. The molecular weight excluding hydrogens is 206 g/mol. The van der Waals surface area contributed by atoms with Gasteiger partial charge in [-0.2, -0.15) is 0 Å². The van der Waals surface area contributed by atoms with Crippen molar-refractivity contribution in [2.24, 2.45) is 5.41 Å². The van der Waals surface area contributed by atoms with E-state index in [4.69, 9.17) is 0 Å². The van der Waals surface area contributed by atoms with E-state index in [1.807, 2.05) is 0 Å². The summed E-state index contributed by atoms with van der Waals surface area (Å²) >= 11 is 0. The topological polar surface area (TPSA) is 68.1 Å². The lowest BCUT2D eigenvalue weighted by atomic mass is 9.70. The van der Waals surface area contributed by atoms with E-state index in [0.29, 0.717) is 11.1 Å². The highest BCUT2D eigenvalue weighted by Gasteiger charge is 2.31. The van der Waals surface area contributed by atoms with Gasteiger partial charge in [-0.05, 0) is 24.3 Å². The molecule has 1 aromatic rings. The molecule has 5 heteroatoms. The molecule has 0 aromatic carbocycles. The summed E-state index contributed by atoms with van der Waals surface area (Å²) < 4.78 is 0. The monoisotopic (exact) mass is 221 g/mol. The molecule has 0 spiro atoms. The lowest BCUT2D eigenvalue weighted by Gasteiger charge is -2.38. The van der Waals surface area contributed by atoms with Crippen LogP contribution in [0.15, 0.2) is 18.5 Å². The van der Waals surface area contributed by atoms with Crippen LogP contribution in [-0.4, -0.2) is 16.5 Å². The van der Waals surface area contributed by atoms with E-state index in [1.54, 1.807) is 12.3 Å². The predicted octanol–water partition coefficient (Wildman–Crippen LogP) is 2.59. The molecule has 0 amide bonds. The zero-order chi connectivity index (χ0) is 11.6. The van der Waals surface area contributed by atoms with Crippen LogP contribution in [0.3, 0.4) is 0 Å². The Morgan fingerprint density at radius 1 is 1.62 bits per heavy atom. The first-order valence-corrected chi connectivity index (χ1v) is 5.43. The highest BCUT2D eigenvalue weighted by molar-refractivity contribution is 5.59. The molecule has 1 N–H and O–H groups in total. The Morgan fingerprint density at radius 2 is 2.38 bits per heavy atom. The van der Waals surface area contributed by atoms with Crippen LogP contribution in [0.4, 0.5) is 11.4 Å². The molecule has 0 unspecified atom stereocenters. The highest BCUT2D eigenvalue weighted by Crippen LogP contribution is 2.40. The molecule has 0 saturated heterocycles. The Hall–Kier alpha value is -1.65. The highest BCUT2D eigenvalue weighted by atomic mass is 16.6. The number of pyridine rings is 1. The van der Waals surface area contributed by atoms with Gasteiger partial charge in [0.05, 0.1) is 4.92 Å². The number of nitrogens with zero attached hydrogens (tertiary/aromatic N) is 2. The second-order valence-electron chi connectivity index (χ2n) is 4.67. The van der Waals surface area contributed by atoms with Gasteiger partial charge in [-0.1, -0.05) is 13.3 Å². The summed E-state index contributed by atoms with van der Waals surface area (Å²) in [6, 6.07) is 1.65. The maximum Gasteiger partial charge on any atom is 0.310 e. The van der Waals surface area contributed by atoms with E-state index in [0.717, 1.165) is 6.54 Å². The van der Waals surface area contributed by atoms with Crippen molar-refractivity contribution in [2.75, 3.05) is 11.9 Å². The van der Waals surface area contributed by atoms with Gasteiger partial charge in [0.2, 0.25) is 0 Å². The lowest BCUT2D eigenvalue weighted by Crippen LogP contribution is -2.33. The number of nitro groups is 1. The minimum atomic E-state index is -0.404. The van der Waals surface area contributed by atoms with Gasteiger partial charge in [0.15, 0.2) is 0 Å². The molecule has 1 heterocycles. The van der Waals surface area contributed by atoms with Crippen molar-refractivity contribution >= 4 is 11.4 Å². The Bertz CT molecular complexity index is 402. The first-order valence-electron chi connectivity index (χ1n) is 5.43. The fourth-order valence-corrected chi connectivity index (χ4v) is 1.95. The van der Waals surface area contributed by atoms with Gasteiger partial charge in [-0.3, -0.25) is 15.1 Å². The fraction of sp³-hybridized carbons (Fsp3) is 0.545. The molecule has 1 saturated carbocycles. The summed E-state index contributed by atoms with van der Waals surface area (Å²) in [5.74, 6) is 0. The van der Waals surface area contributed by atoms with Gasteiger partial charge in [0, 0.05) is 12.7 Å². The van der Waals surface area contributed by atoms with Crippen molar-refractivity contribution in [3.05, 3.63) is 28.6 Å². The van der Waals surface area contributed by atoms with E-state index < -0.39 is 4.92 Å². The van der Waals surface area contributed by atoms with Crippen molar-refractivity contribution in [1.29, 1.82) is 0 Å². The zero-order valence-electron chi connectivity index (χ0n) is 9.27. The van der Waals surface area contributed by atoms with Gasteiger partial charge in [-0.15, -0.1) is 0 Å². The summed E-state index contributed by atoms with van der Waals surface area (Å²) in [7, 11) is 0. The van der Waals surface area contributed by atoms with E-state index in [2.05, 4.69) is 17.2 Å². The normalized spacial score (nSPS) is 17.6. The summed E-state index contributed by atoms with van der Waals surface area (Å²) in [6.45, 7) is 2.99. The molecular formula is C11H15N3O2. The Kier molecular flexibility index (Phi) is 2.77. The Labute approximate surface area is 94.0 Å². The second kappa shape index (κ2) is 4.08. The molecule has 0 radical (unpaired) electrons. The summed E-state index contributed by atoms with van der Waals surface area (Å²) in [5.41, 5.74) is 0.912. The van der Waals surface area contributed by atoms with Crippen molar-refractivity contribution in [3.63, 3.8) is 0 Å². The van der Waals surface area contributed by atoms with E-state index in [1.165, 1.54) is 25.5 Å².